The van der Waals surface area contributed by atoms with Crippen molar-refractivity contribution in [3.8, 4) is 6.07 Å². The topological polar surface area (TPSA) is 87.0 Å². The second kappa shape index (κ2) is 7.06. The van der Waals surface area contributed by atoms with Crippen molar-refractivity contribution in [2.45, 2.75) is 31.9 Å². The molecule has 0 spiro atoms. The van der Waals surface area contributed by atoms with E-state index in [0.717, 1.165) is 12.0 Å². The lowest BCUT2D eigenvalue weighted by Gasteiger charge is -2.12. The Hall–Kier alpha value is -1.87. The number of nitriles is 1. The average Bonchev–Trinajstić information content (AvgIpc) is 2.45. The lowest BCUT2D eigenvalue weighted by Crippen LogP contribution is -2.34. The van der Waals surface area contributed by atoms with Gasteiger partial charge in [0.1, 0.15) is 5.25 Å². The second-order valence-electron chi connectivity index (χ2n) is 4.46. The van der Waals surface area contributed by atoms with Gasteiger partial charge in [0.2, 0.25) is 5.91 Å². The van der Waals surface area contributed by atoms with E-state index in [4.69, 9.17) is 5.26 Å². The fraction of sp³-hybridized carbons (Fsp3) is 0.429. The first-order chi connectivity index (χ1) is 9.40. The molecule has 20 heavy (non-hydrogen) atoms. The number of carbonyl (C=O) groups is 1. The maximum absolute atomic E-state index is 11.9. The van der Waals surface area contributed by atoms with Crippen molar-refractivity contribution in [2.75, 3.05) is 11.1 Å². The number of rotatable bonds is 6. The molecule has 1 N–H and O–H groups in total. The molecule has 0 heterocycles. The van der Waals surface area contributed by atoms with Crippen LogP contribution in [0.25, 0.3) is 0 Å². The molecule has 1 atom stereocenters. The number of carbonyl (C=O) groups excluding carboxylic acids is 1. The molecule has 6 heteroatoms. The summed E-state index contributed by atoms with van der Waals surface area (Å²) in [5, 5.41) is 9.83. The Bertz CT molecular complexity index is 600. The van der Waals surface area contributed by atoms with Crippen molar-refractivity contribution in [1.29, 1.82) is 5.26 Å². The van der Waals surface area contributed by atoms with Crippen LogP contribution in [-0.2, 0) is 21.1 Å². The van der Waals surface area contributed by atoms with Gasteiger partial charge in [0.15, 0.2) is 9.84 Å². The third-order valence-electron chi connectivity index (χ3n) is 3.04. The van der Waals surface area contributed by atoms with E-state index in [9.17, 15) is 13.2 Å². The summed E-state index contributed by atoms with van der Waals surface area (Å²) in [5.74, 6) is -0.875. The van der Waals surface area contributed by atoms with E-state index in [-0.39, 0.29) is 12.2 Å². The molecule has 0 aromatic heterocycles. The fourth-order valence-corrected chi connectivity index (χ4v) is 2.71. The van der Waals surface area contributed by atoms with Crippen LogP contribution in [0.1, 0.15) is 25.8 Å². The molecule has 0 aliphatic heterocycles. The Labute approximate surface area is 119 Å². The van der Waals surface area contributed by atoms with Gasteiger partial charge in [-0.1, -0.05) is 19.1 Å². The molecule has 0 saturated carbocycles. The quantitative estimate of drug-likeness (QED) is 0.868. The van der Waals surface area contributed by atoms with Crippen LogP contribution in [0.4, 0.5) is 5.69 Å². The molecular weight excluding hydrogens is 276 g/mol. The van der Waals surface area contributed by atoms with Gasteiger partial charge in [0, 0.05) is 12.1 Å². The Morgan fingerprint density at radius 2 is 1.95 bits per heavy atom. The highest BCUT2D eigenvalue weighted by Crippen LogP contribution is 2.12. The van der Waals surface area contributed by atoms with Crippen LogP contribution in [0.2, 0.25) is 0 Å². The Morgan fingerprint density at radius 3 is 2.45 bits per heavy atom. The molecule has 1 aromatic rings. The molecular formula is C14H18N2O3S. The van der Waals surface area contributed by atoms with Crippen LogP contribution in [0.3, 0.4) is 0 Å². The van der Waals surface area contributed by atoms with Gasteiger partial charge in [-0.25, -0.2) is 8.42 Å². The highest BCUT2D eigenvalue weighted by atomic mass is 32.2. The summed E-state index contributed by atoms with van der Waals surface area (Å²) in [6.07, 6.45) is 0.790. The zero-order valence-corrected chi connectivity index (χ0v) is 12.4. The highest BCUT2D eigenvalue weighted by Gasteiger charge is 2.27. The number of nitrogens with one attached hydrogen (secondary N) is 1. The predicted octanol–water partition coefficient (Wildman–Crippen LogP) is 1.90. The van der Waals surface area contributed by atoms with Crippen molar-refractivity contribution < 1.29 is 13.2 Å². The largest absolute Gasteiger partial charge is 0.325 e. The van der Waals surface area contributed by atoms with Crippen LogP contribution < -0.4 is 5.32 Å². The van der Waals surface area contributed by atoms with Gasteiger partial charge in [-0.15, -0.1) is 0 Å². The molecule has 108 valence electrons. The Balaban J connectivity index is 2.72. The smallest absolute Gasteiger partial charge is 0.242 e. The van der Waals surface area contributed by atoms with E-state index >= 15 is 0 Å². The summed E-state index contributed by atoms with van der Waals surface area (Å²) in [6, 6.07) is 9.01. The molecule has 1 unspecified atom stereocenters. The van der Waals surface area contributed by atoms with E-state index < -0.39 is 21.0 Å². The number of nitrogens with zero attached hydrogens (tertiary/aromatic N) is 1. The molecule has 0 saturated heterocycles. The van der Waals surface area contributed by atoms with Gasteiger partial charge < -0.3 is 5.32 Å². The summed E-state index contributed by atoms with van der Waals surface area (Å²) >= 11 is 0. The zero-order chi connectivity index (χ0) is 15.2. The molecule has 0 aliphatic rings. The van der Waals surface area contributed by atoms with E-state index in [1.165, 1.54) is 6.92 Å². The number of aryl methyl sites for hydroxylation is 1. The molecule has 5 nitrogen and oxygen atoms in total. The van der Waals surface area contributed by atoms with Crippen molar-refractivity contribution >= 4 is 21.4 Å². The van der Waals surface area contributed by atoms with Gasteiger partial charge >= 0.3 is 0 Å². The minimum Gasteiger partial charge on any atom is -0.325 e. The maximum Gasteiger partial charge on any atom is 0.242 e. The van der Waals surface area contributed by atoms with Gasteiger partial charge in [-0.3, -0.25) is 4.79 Å². The summed E-state index contributed by atoms with van der Waals surface area (Å²) in [6.45, 7) is 3.36. The molecule has 0 radical (unpaired) electrons. The number of sulfone groups is 1. The summed E-state index contributed by atoms with van der Waals surface area (Å²) in [7, 11) is -3.59. The number of benzene rings is 1. The van der Waals surface area contributed by atoms with Crippen LogP contribution >= 0.6 is 0 Å². The minimum absolute atomic E-state index is 0.106. The fourth-order valence-electron chi connectivity index (χ4n) is 1.60. The summed E-state index contributed by atoms with van der Waals surface area (Å²) < 4.78 is 23.6. The number of hydrogen-bond acceptors (Lipinski definition) is 4. The molecule has 1 aromatic carbocycles. The lowest BCUT2D eigenvalue weighted by atomic mass is 10.1. The summed E-state index contributed by atoms with van der Waals surface area (Å²) in [5.41, 5.74) is 1.70. The molecule has 0 bridgehead atoms. The zero-order valence-electron chi connectivity index (χ0n) is 11.6. The molecule has 0 fully saturated rings. The van der Waals surface area contributed by atoms with E-state index in [0.29, 0.717) is 5.69 Å². The predicted molar refractivity (Wildman–Crippen MR) is 77.9 cm³/mol. The molecule has 0 aliphatic carbocycles. The Morgan fingerprint density at radius 1 is 1.35 bits per heavy atom. The number of hydrogen-bond donors (Lipinski definition) is 1. The minimum atomic E-state index is -3.59. The third-order valence-corrected chi connectivity index (χ3v) is 5.10. The Kier molecular flexibility index (Phi) is 5.71. The third kappa shape index (κ3) is 4.35. The number of anilines is 1. The maximum atomic E-state index is 11.9. The van der Waals surface area contributed by atoms with E-state index in [2.05, 4.69) is 5.32 Å². The van der Waals surface area contributed by atoms with Crippen molar-refractivity contribution in [3.05, 3.63) is 29.8 Å². The van der Waals surface area contributed by atoms with E-state index in [1.807, 2.05) is 19.1 Å². The lowest BCUT2D eigenvalue weighted by molar-refractivity contribution is -0.115. The van der Waals surface area contributed by atoms with Crippen molar-refractivity contribution in [2.24, 2.45) is 0 Å². The van der Waals surface area contributed by atoms with Gasteiger partial charge in [0.25, 0.3) is 0 Å². The second-order valence-corrected chi connectivity index (χ2v) is 6.90. The highest BCUT2D eigenvalue weighted by molar-refractivity contribution is 7.92. The standard InChI is InChI=1S/C14H18N2O3S/c1-3-12-5-7-13(8-6-12)16-14(17)11(2)20(18,19)10-4-9-15/h5-8,11H,3-4,10H2,1-2H3,(H,16,17). The van der Waals surface area contributed by atoms with Crippen molar-refractivity contribution in [1.82, 2.24) is 0 Å². The average molecular weight is 294 g/mol. The van der Waals surface area contributed by atoms with Gasteiger partial charge in [-0.2, -0.15) is 5.26 Å². The summed E-state index contributed by atoms with van der Waals surface area (Å²) in [4.78, 5) is 11.9. The van der Waals surface area contributed by atoms with Gasteiger partial charge in [0.05, 0.1) is 11.8 Å². The first-order valence-electron chi connectivity index (χ1n) is 6.39. The monoisotopic (exact) mass is 294 g/mol. The molecule has 1 rings (SSSR count). The van der Waals surface area contributed by atoms with Crippen LogP contribution in [-0.4, -0.2) is 25.3 Å². The van der Waals surface area contributed by atoms with Crippen LogP contribution in [0, 0.1) is 11.3 Å². The van der Waals surface area contributed by atoms with Gasteiger partial charge in [-0.05, 0) is 31.0 Å². The van der Waals surface area contributed by atoms with E-state index in [1.54, 1.807) is 18.2 Å². The van der Waals surface area contributed by atoms with Crippen LogP contribution in [0.5, 0.6) is 0 Å². The van der Waals surface area contributed by atoms with Crippen molar-refractivity contribution in [3.63, 3.8) is 0 Å². The SMILES string of the molecule is CCc1ccc(NC(=O)C(C)S(=O)(=O)CCC#N)cc1. The normalized spacial score (nSPS) is 12.4. The van der Waals surface area contributed by atoms with Crippen LogP contribution in [0.15, 0.2) is 24.3 Å². The first-order valence-corrected chi connectivity index (χ1v) is 8.10. The molecule has 1 amide bonds. The first kappa shape index (κ1) is 16.2. The number of amides is 1.